The SMILES string of the molecule is CCOP1(=O)CCN(Cc2ccc(C(F)(F)F)cc2)CC1(CCCCN(C(=O)OC(C)(C)C)C(=O)OC(C)(C)C)C(=O)O. The molecule has 2 unspecified atom stereocenters. The number of rotatable bonds is 10. The number of unbranched alkanes of at least 4 members (excludes halogenated alkanes) is 1. The van der Waals surface area contributed by atoms with Crippen molar-refractivity contribution in [2.24, 2.45) is 0 Å². The first-order valence-corrected chi connectivity index (χ1v) is 16.0. The molecule has 2 rings (SSSR count). The van der Waals surface area contributed by atoms with Crippen LogP contribution in [0.4, 0.5) is 22.8 Å². The molecule has 1 heterocycles. The minimum atomic E-state index is -4.48. The standard InChI is InChI=1S/C29H44F3N2O8P/c1-8-40-43(39)18-17-33(19-21-11-13-22(14-12-21)29(30,31)32)20-28(43,23(35)36)15-9-10-16-34(24(37)41-26(2,3)4)25(38)42-27(5,6)7/h11-14H,8-10,15-20H2,1-7H3,(H,35,36). The van der Waals surface area contributed by atoms with Crippen LogP contribution in [-0.2, 0) is 36.1 Å². The molecule has 1 aromatic carbocycles. The van der Waals surface area contributed by atoms with E-state index in [-0.39, 0.29) is 58.2 Å². The maximum absolute atomic E-state index is 14.0. The van der Waals surface area contributed by atoms with Gasteiger partial charge in [0.25, 0.3) is 0 Å². The van der Waals surface area contributed by atoms with Crippen molar-refractivity contribution < 1.29 is 51.2 Å². The van der Waals surface area contributed by atoms with Gasteiger partial charge in [-0.2, -0.15) is 13.2 Å². The molecule has 0 bridgehead atoms. The van der Waals surface area contributed by atoms with E-state index in [4.69, 9.17) is 14.0 Å². The zero-order chi connectivity index (χ0) is 32.9. The number of ether oxygens (including phenoxy) is 2. The van der Waals surface area contributed by atoms with Crippen molar-refractivity contribution in [3.63, 3.8) is 0 Å². The fraction of sp³-hybridized carbons (Fsp3) is 0.690. The van der Waals surface area contributed by atoms with Crippen LogP contribution in [0.15, 0.2) is 24.3 Å². The Morgan fingerprint density at radius 2 is 1.51 bits per heavy atom. The third-order valence-electron chi connectivity index (χ3n) is 6.72. The number of carbonyl (C=O) groups is 3. The Morgan fingerprint density at radius 1 is 0.977 bits per heavy atom. The lowest BCUT2D eigenvalue weighted by Crippen LogP contribution is -2.54. The summed E-state index contributed by atoms with van der Waals surface area (Å²) in [5.41, 5.74) is -2.01. The molecule has 43 heavy (non-hydrogen) atoms. The van der Waals surface area contributed by atoms with Gasteiger partial charge in [-0.1, -0.05) is 12.1 Å². The van der Waals surface area contributed by atoms with Crippen molar-refractivity contribution in [3.8, 4) is 0 Å². The second kappa shape index (κ2) is 14.0. The molecular formula is C29H44F3N2O8P. The monoisotopic (exact) mass is 636 g/mol. The van der Waals surface area contributed by atoms with Crippen LogP contribution in [0.25, 0.3) is 0 Å². The molecule has 244 valence electrons. The largest absolute Gasteiger partial charge is 0.480 e. The van der Waals surface area contributed by atoms with E-state index in [0.29, 0.717) is 5.56 Å². The Labute approximate surface area is 251 Å². The van der Waals surface area contributed by atoms with Gasteiger partial charge < -0.3 is 19.1 Å². The fourth-order valence-corrected chi connectivity index (χ4v) is 7.75. The zero-order valence-electron chi connectivity index (χ0n) is 26.0. The minimum Gasteiger partial charge on any atom is -0.480 e. The summed E-state index contributed by atoms with van der Waals surface area (Å²) in [7, 11) is -3.73. The maximum atomic E-state index is 14.0. The number of alkyl halides is 3. The molecule has 0 aliphatic carbocycles. The number of carboxylic acids is 1. The highest BCUT2D eigenvalue weighted by atomic mass is 31.2. The quantitative estimate of drug-likeness (QED) is 0.214. The van der Waals surface area contributed by atoms with Gasteiger partial charge in [-0.15, -0.1) is 0 Å². The van der Waals surface area contributed by atoms with Crippen LogP contribution < -0.4 is 0 Å². The number of aliphatic carboxylic acids is 1. The van der Waals surface area contributed by atoms with Gasteiger partial charge in [-0.25, -0.2) is 14.5 Å². The first kappa shape index (κ1) is 36.6. The second-order valence-corrected chi connectivity index (χ2v) is 15.5. The number of carbonyl (C=O) groups excluding carboxylic acids is 2. The number of hydrogen-bond acceptors (Lipinski definition) is 8. The summed E-state index contributed by atoms with van der Waals surface area (Å²) in [5, 5.41) is 8.64. The third kappa shape index (κ3) is 10.2. The molecule has 14 heteroatoms. The van der Waals surface area contributed by atoms with E-state index < -0.39 is 53.6 Å². The lowest BCUT2D eigenvalue weighted by Gasteiger charge is -2.45. The van der Waals surface area contributed by atoms with Crippen LogP contribution in [0.3, 0.4) is 0 Å². The van der Waals surface area contributed by atoms with Crippen molar-refractivity contribution in [1.29, 1.82) is 0 Å². The van der Waals surface area contributed by atoms with Crippen LogP contribution in [-0.4, -0.2) is 81.8 Å². The molecule has 0 aromatic heterocycles. The van der Waals surface area contributed by atoms with E-state index in [0.717, 1.165) is 17.0 Å². The molecule has 10 nitrogen and oxygen atoms in total. The van der Waals surface area contributed by atoms with Crippen LogP contribution in [0, 0.1) is 0 Å². The molecule has 1 aliphatic heterocycles. The molecule has 2 amide bonds. The molecule has 1 aromatic rings. The van der Waals surface area contributed by atoms with Crippen molar-refractivity contribution in [3.05, 3.63) is 35.4 Å². The smallest absolute Gasteiger partial charge is 0.419 e. The Hall–Kier alpha value is -2.63. The Morgan fingerprint density at radius 3 is 1.95 bits per heavy atom. The zero-order valence-corrected chi connectivity index (χ0v) is 26.8. The average Bonchev–Trinajstić information content (AvgIpc) is 2.83. The summed E-state index contributed by atoms with van der Waals surface area (Å²) < 4.78 is 69.3. The number of hydrogen-bond donors (Lipinski definition) is 1. The molecule has 1 fully saturated rings. The van der Waals surface area contributed by atoms with Gasteiger partial charge in [0.15, 0.2) is 5.16 Å². The van der Waals surface area contributed by atoms with Crippen LogP contribution in [0.1, 0.15) is 78.9 Å². The van der Waals surface area contributed by atoms with Crippen molar-refractivity contribution in [2.75, 3.05) is 32.4 Å². The normalized spacial score (nSPS) is 21.7. The second-order valence-electron chi connectivity index (χ2n) is 12.6. The highest BCUT2D eigenvalue weighted by Gasteiger charge is 2.58. The lowest BCUT2D eigenvalue weighted by atomic mass is 9.99. The molecule has 1 aliphatic rings. The summed E-state index contributed by atoms with van der Waals surface area (Å²) in [6.45, 7) is 11.7. The Kier molecular flexibility index (Phi) is 11.9. The molecule has 0 radical (unpaired) electrons. The van der Waals surface area contributed by atoms with Gasteiger partial charge in [0.2, 0.25) is 7.37 Å². The van der Waals surface area contributed by atoms with Crippen molar-refractivity contribution in [2.45, 2.75) is 96.8 Å². The first-order chi connectivity index (χ1) is 19.6. The summed E-state index contributed by atoms with van der Waals surface area (Å²) >= 11 is 0. The highest BCUT2D eigenvalue weighted by Crippen LogP contribution is 2.63. The molecule has 1 saturated heterocycles. The first-order valence-electron chi connectivity index (χ1n) is 14.2. The van der Waals surface area contributed by atoms with Gasteiger partial charge in [-0.05, 0) is 85.4 Å². The number of benzene rings is 1. The van der Waals surface area contributed by atoms with Gasteiger partial charge >= 0.3 is 24.3 Å². The van der Waals surface area contributed by atoms with E-state index in [1.165, 1.54) is 12.1 Å². The van der Waals surface area contributed by atoms with E-state index in [1.807, 2.05) is 0 Å². The minimum absolute atomic E-state index is 0.0380. The molecule has 0 spiro atoms. The number of carboxylic acid groups (broad SMARTS) is 1. The van der Waals surface area contributed by atoms with E-state index in [1.54, 1.807) is 53.4 Å². The summed E-state index contributed by atoms with van der Waals surface area (Å²) in [6.07, 6.45) is -6.09. The highest BCUT2D eigenvalue weighted by molar-refractivity contribution is 7.62. The van der Waals surface area contributed by atoms with E-state index in [9.17, 15) is 37.2 Å². The van der Waals surface area contributed by atoms with Gasteiger partial charge in [-0.3, -0.25) is 14.3 Å². The number of nitrogens with zero attached hydrogens (tertiary/aromatic N) is 2. The average molecular weight is 637 g/mol. The third-order valence-corrected chi connectivity index (χ3v) is 10.0. The predicted molar refractivity (Wildman–Crippen MR) is 154 cm³/mol. The number of halogens is 3. The molecule has 2 atom stereocenters. The molecular weight excluding hydrogens is 592 g/mol. The van der Waals surface area contributed by atoms with Crippen molar-refractivity contribution >= 4 is 25.5 Å². The van der Waals surface area contributed by atoms with E-state index in [2.05, 4.69) is 0 Å². The fourth-order valence-electron chi connectivity index (χ4n) is 4.78. The van der Waals surface area contributed by atoms with Gasteiger partial charge in [0.05, 0.1) is 12.2 Å². The number of amides is 2. The summed E-state index contributed by atoms with van der Waals surface area (Å²) in [5.74, 6) is -1.31. The topological polar surface area (TPSA) is 123 Å². The number of imide groups is 1. The van der Waals surface area contributed by atoms with Crippen LogP contribution in [0.2, 0.25) is 0 Å². The summed E-state index contributed by atoms with van der Waals surface area (Å²) in [4.78, 5) is 41.0. The van der Waals surface area contributed by atoms with Crippen LogP contribution in [0.5, 0.6) is 0 Å². The Bertz CT molecular complexity index is 1150. The van der Waals surface area contributed by atoms with Gasteiger partial charge in [0, 0.05) is 32.3 Å². The van der Waals surface area contributed by atoms with Crippen LogP contribution >= 0.6 is 7.37 Å². The predicted octanol–water partition coefficient (Wildman–Crippen LogP) is 7.00. The summed E-state index contributed by atoms with van der Waals surface area (Å²) in [6, 6.07) is 4.61. The molecule has 1 N–H and O–H groups in total. The lowest BCUT2D eigenvalue weighted by molar-refractivity contribution is -0.142. The van der Waals surface area contributed by atoms with Crippen molar-refractivity contribution in [1.82, 2.24) is 9.80 Å². The van der Waals surface area contributed by atoms with Gasteiger partial charge in [0.1, 0.15) is 11.2 Å². The molecule has 0 saturated carbocycles. The Balaban J connectivity index is 2.24. The maximum Gasteiger partial charge on any atom is 0.419 e. The van der Waals surface area contributed by atoms with E-state index >= 15 is 0 Å².